The van der Waals surface area contributed by atoms with E-state index >= 15 is 0 Å². The minimum absolute atomic E-state index is 0.0682. The van der Waals surface area contributed by atoms with Gasteiger partial charge in [-0.05, 0) is 42.8 Å². The van der Waals surface area contributed by atoms with Crippen molar-refractivity contribution in [3.63, 3.8) is 0 Å². The van der Waals surface area contributed by atoms with E-state index in [0.717, 1.165) is 16.5 Å². The molecule has 1 saturated heterocycles. The van der Waals surface area contributed by atoms with E-state index in [4.69, 9.17) is 16.0 Å². The average Bonchev–Trinajstić information content (AvgIpc) is 3.08. The maximum atomic E-state index is 12.6. The zero-order chi connectivity index (χ0) is 21.3. The molecule has 4 rings (SSSR count). The number of nitrogens with zero attached hydrogens (tertiary/aromatic N) is 1. The van der Waals surface area contributed by atoms with Crippen LogP contribution in [0.5, 0.6) is 0 Å². The van der Waals surface area contributed by atoms with Gasteiger partial charge in [0.2, 0.25) is 5.91 Å². The molecule has 1 aliphatic rings. The summed E-state index contributed by atoms with van der Waals surface area (Å²) in [6.45, 7) is 3.13. The molecular formula is C22H20ClN3O4. The lowest BCUT2D eigenvalue weighted by molar-refractivity contribution is -0.123. The first-order valence-electron chi connectivity index (χ1n) is 9.54. The zero-order valence-corrected chi connectivity index (χ0v) is 17.1. The lowest BCUT2D eigenvalue weighted by Crippen LogP contribution is -2.49. The topological polar surface area (TPSA) is 91.7 Å². The summed E-state index contributed by atoms with van der Waals surface area (Å²) in [4.78, 5) is 38.1. The first-order valence-corrected chi connectivity index (χ1v) is 9.92. The Bertz CT molecular complexity index is 1140. The second kappa shape index (κ2) is 8.20. The molecule has 0 radical (unpaired) electrons. The van der Waals surface area contributed by atoms with E-state index < -0.39 is 0 Å². The normalized spacial score (nSPS) is 13.9. The monoisotopic (exact) mass is 425 g/mol. The van der Waals surface area contributed by atoms with Crippen molar-refractivity contribution in [2.24, 2.45) is 0 Å². The van der Waals surface area contributed by atoms with Gasteiger partial charge in [0, 0.05) is 41.2 Å². The number of halogens is 1. The number of furan rings is 1. The van der Waals surface area contributed by atoms with Gasteiger partial charge >= 0.3 is 0 Å². The van der Waals surface area contributed by atoms with Gasteiger partial charge in [-0.3, -0.25) is 14.4 Å². The standard InChI is InChI=1S/C22H20ClN3O4/c1-13-17-10-16(23)6-7-18(17)30-20(13)21(28)25-11-14-2-4-15(5-3-14)22(29)26-9-8-24-19(27)12-26/h2-7,10H,8-9,11-12H2,1H3,(H,24,27)(H,25,28). The number of aryl methyl sites for hydroxylation is 1. The van der Waals surface area contributed by atoms with Crippen LogP contribution in [-0.2, 0) is 11.3 Å². The second-order valence-electron chi connectivity index (χ2n) is 7.15. The Labute approximate surface area is 178 Å². The van der Waals surface area contributed by atoms with Gasteiger partial charge < -0.3 is 20.0 Å². The first-order chi connectivity index (χ1) is 14.4. The summed E-state index contributed by atoms with van der Waals surface area (Å²) in [5, 5.41) is 6.92. The van der Waals surface area contributed by atoms with Crippen LogP contribution >= 0.6 is 11.6 Å². The van der Waals surface area contributed by atoms with Crippen LogP contribution in [-0.4, -0.2) is 42.3 Å². The minimum atomic E-state index is -0.320. The molecule has 30 heavy (non-hydrogen) atoms. The van der Waals surface area contributed by atoms with Gasteiger partial charge in [-0.15, -0.1) is 0 Å². The van der Waals surface area contributed by atoms with E-state index in [1.165, 1.54) is 4.90 Å². The molecule has 0 bridgehead atoms. The number of rotatable bonds is 4. The molecule has 3 aromatic rings. The van der Waals surface area contributed by atoms with Crippen molar-refractivity contribution in [1.82, 2.24) is 15.5 Å². The van der Waals surface area contributed by atoms with Crippen molar-refractivity contribution in [3.8, 4) is 0 Å². The Morgan fingerprint density at radius 1 is 1.20 bits per heavy atom. The highest BCUT2D eigenvalue weighted by Gasteiger charge is 2.22. The molecule has 1 fully saturated rings. The molecule has 0 spiro atoms. The van der Waals surface area contributed by atoms with E-state index in [2.05, 4.69) is 10.6 Å². The molecule has 2 N–H and O–H groups in total. The number of fused-ring (bicyclic) bond motifs is 1. The van der Waals surface area contributed by atoms with Crippen molar-refractivity contribution in [1.29, 1.82) is 0 Å². The van der Waals surface area contributed by atoms with Crippen LogP contribution in [0.3, 0.4) is 0 Å². The van der Waals surface area contributed by atoms with Crippen molar-refractivity contribution in [2.75, 3.05) is 19.6 Å². The third-order valence-corrected chi connectivity index (χ3v) is 5.32. The van der Waals surface area contributed by atoms with Crippen molar-refractivity contribution < 1.29 is 18.8 Å². The molecule has 154 valence electrons. The number of benzene rings is 2. The summed E-state index contributed by atoms with van der Waals surface area (Å²) in [5.74, 6) is -0.407. The fourth-order valence-corrected chi connectivity index (χ4v) is 3.60. The van der Waals surface area contributed by atoms with Gasteiger partial charge in [0.15, 0.2) is 5.76 Å². The molecule has 3 amide bonds. The largest absolute Gasteiger partial charge is 0.451 e. The van der Waals surface area contributed by atoms with E-state index in [1.807, 2.05) is 6.92 Å². The number of piperazine rings is 1. The Balaban J connectivity index is 1.40. The van der Waals surface area contributed by atoms with Crippen LogP contribution in [0, 0.1) is 6.92 Å². The highest BCUT2D eigenvalue weighted by molar-refractivity contribution is 6.31. The molecule has 0 unspecified atom stereocenters. The third-order valence-electron chi connectivity index (χ3n) is 5.08. The Morgan fingerprint density at radius 3 is 2.70 bits per heavy atom. The van der Waals surface area contributed by atoms with Crippen LogP contribution < -0.4 is 10.6 Å². The third kappa shape index (κ3) is 4.02. The lowest BCUT2D eigenvalue weighted by Gasteiger charge is -2.26. The number of hydrogen-bond donors (Lipinski definition) is 2. The van der Waals surface area contributed by atoms with Gasteiger partial charge in [-0.25, -0.2) is 0 Å². The Hall–Kier alpha value is -3.32. The maximum absolute atomic E-state index is 12.6. The Kier molecular flexibility index (Phi) is 5.46. The highest BCUT2D eigenvalue weighted by Crippen LogP contribution is 2.27. The van der Waals surface area contributed by atoms with Crippen molar-refractivity contribution in [2.45, 2.75) is 13.5 Å². The summed E-state index contributed by atoms with van der Waals surface area (Å²) in [6.07, 6.45) is 0. The SMILES string of the molecule is Cc1c(C(=O)NCc2ccc(C(=O)N3CCNC(=O)C3)cc2)oc2ccc(Cl)cc12. The van der Waals surface area contributed by atoms with Gasteiger partial charge in [0.05, 0.1) is 6.54 Å². The van der Waals surface area contributed by atoms with Crippen LogP contribution in [0.25, 0.3) is 11.0 Å². The lowest BCUT2D eigenvalue weighted by atomic mass is 10.1. The van der Waals surface area contributed by atoms with Gasteiger partial charge in [-0.1, -0.05) is 23.7 Å². The molecule has 1 aromatic heterocycles. The molecule has 0 atom stereocenters. The molecule has 7 nitrogen and oxygen atoms in total. The number of carbonyl (C=O) groups excluding carboxylic acids is 3. The average molecular weight is 426 g/mol. The van der Waals surface area contributed by atoms with Gasteiger partial charge in [0.1, 0.15) is 5.58 Å². The summed E-state index contributed by atoms with van der Waals surface area (Å²) in [5.41, 5.74) is 2.69. The molecule has 2 heterocycles. The smallest absolute Gasteiger partial charge is 0.287 e. The van der Waals surface area contributed by atoms with Gasteiger partial charge in [0.25, 0.3) is 11.8 Å². The molecular weight excluding hydrogens is 406 g/mol. The zero-order valence-electron chi connectivity index (χ0n) is 16.3. The van der Waals surface area contributed by atoms with Gasteiger partial charge in [-0.2, -0.15) is 0 Å². The number of nitrogens with one attached hydrogen (secondary N) is 2. The highest BCUT2D eigenvalue weighted by atomic mass is 35.5. The van der Waals surface area contributed by atoms with Crippen LogP contribution in [0.2, 0.25) is 5.02 Å². The van der Waals surface area contributed by atoms with E-state index in [1.54, 1.807) is 42.5 Å². The second-order valence-corrected chi connectivity index (χ2v) is 7.59. The predicted octanol–water partition coefficient (Wildman–Crippen LogP) is 2.90. The summed E-state index contributed by atoms with van der Waals surface area (Å²) in [7, 11) is 0. The van der Waals surface area contributed by atoms with E-state index in [0.29, 0.717) is 29.3 Å². The molecule has 0 saturated carbocycles. The first kappa shape index (κ1) is 20.0. The predicted molar refractivity (Wildman–Crippen MR) is 112 cm³/mol. The quantitative estimate of drug-likeness (QED) is 0.672. The van der Waals surface area contributed by atoms with E-state index in [-0.39, 0.29) is 36.6 Å². The van der Waals surface area contributed by atoms with Crippen molar-refractivity contribution >= 4 is 40.3 Å². The summed E-state index contributed by atoms with van der Waals surface area (Å²) in [6, 6.07) is 12.2. The Morgan fingerprint density at radius 2 is 1.97 bits per heavy atom. The molecule has 2 aromatic carbocycles. The number of hydrogen-bond acceptors (Lipinski definition) is 4. The molecule has 0 aliphatic carbocycles. The van der Waals surface area contributed by atoms with Crippen LogP contribution in [0.15, 0.2) is 46.9 Å². The van der Waals surface area contributed by atoms with Crippen molar-refractivity contribution in [3.05, 3.63) is 69.9 Å². The summed E-state index contributed by atoms with van der Waals surface area (Å²) < 4.78 is 5.68. The number of carbonyl (C=O) groups is 3. The number of amides is 3. The summed E-state index contributed by atoms with van der Waals surface area (Å²) >= 11 is 6.02. The fourth-order valence-electron chi connectivity index (χ4n) is 3.43. The molecule has 8 heteroatoms. The minimum Gasteiger partial charge on any atom is -0.451 e. The fraction of sp³-hybridized carbons (Fsp3) is 0.227. The van der Waals surface area contributed by atoms with Crippen LogP contribution in [0.4, 0.5) is 0 Å². The molecule has 1 aliphatic heterocycles. The van der Waals surface area contributed by atoms with E-state index in [9.17, 15) is 14.4 Å². The maximum Gasteiger partial charge on any atom is 0.287 e. The van der Waals surface area contributed by atoms with Crippen LogP contribution in [0.1, 0.15) is 32.0 Å².